The van der Waals surface area contributed by atoms with Crippen molar-refractivity contribution in [3.63, 3.8) is 0 Å². The van der Waals surface area contributed by atoms with Gasteiger partial charge in [-0.05, 0) is 35.8 Å². The Labute approximate surface area is 194 Å². The number of carbonyl (C=O) groups excluding carboxylic acids is 4. The van der Waals surface area contributed by atoms with Gasteiger partial charge in [0, 0.05) is 31.2 Å². The SMILES string of the molecule is O=C(CCCCCCC(=O)ON1C(=O)CC(S(=O)(=O)O)C1=O)CCSSc1ccccn1. The van der Waals surface area contributed by atoms with E-state index in [1.807, 2.05) is 18.2 Å². The molecule has 1 aliphatic heterocycles. The maximum Gasteiger partial charge on any atom is 0.333 e. The standard InChI is InChI=1S/C19H24N2O8S3/c22-14(10-12-30-31-16-8-5-6-11-20-16)7-3-1-2-4-9-18(24)29-21-17(23)13-15(19(21)25)32(26,27)28/h5-6,8,11,15H,1-4,7,9-10,12-13H2,(H,26,27,28). The summed E-state index contributed by atoms with van der Waals surface area (Å²) in [6.07, 6.45) is 4.36. The average Bonchev–Trinajstić information content (AvgIpc) is 3.03. The van der Waals surface area contributed by atoms with Gasteiger partial charge in [0.15, 0.2) is 5.25 Å². The minimum absolute atomic E-state index is 0.0665. The van der Waals surface area contributed by atoms with E-state index in [4.69, 9.17) is 4.55 Å². The summed E-state index contributed by atoms with van der Waals surface area (Å²) in [5.41, 5.74) is 0. The first-order valence-electron chi connectivity index (χ1n) is 9.94. The van der Waals surface area contributed by atoms with Crippen molar-refractivity contribution in [1.29, 1.82) is 0 Å². The van der Waals surface area contributed by atoms with Gasteiger partial charge >= 0.3 is 5.97 Å². The van der Waals surface area contributed by atoms with E-state index in [9.17, 15) is 27.6 Å². The number of pyridine rings is 1. The van der Waals surface area contributed by atoms with Gasteiger partial charge in [0.05, 0.1) is 6.42 Å². The van der Waals surface area contributed by atoms with Crippen molar-refractivity contribution in [2.24, 2.45) is 0 Å². The highest BCUT2D eigenvalue weighted by Gasteiger charge is 2.48. The lowest BCUT2D eigenvalue weighted by atomic mass is 10.1. The van der Waals surface area contributed by atoms with Crippen molar-refractivity contribution in [3.8, 4) is 0 Å². The smallest absolute Gasteiger partial charge is 0.330 e. The molecule has 32 heavy (non-hydrogen) atoms. The number of rotatable bonds is 14. The highest BCUT2D eigenvalue weighted by Crippen LogP contribution is 2.29. The molecule has 2 heterocycles. The maximum absolute atomic E-state index is 11.9. The molecule has 1 saturated heterocycles. The number of hydrogen-bond acceptors (Lipinski definition) is 10. The van der Waals surface area contributed by atoms with Gasteiger partial charge in [-0.2, -0.15) is 8.42 Å². The van der Waals surface area contributed by atoms with Crippen LogP contribution in [0.2, 0.25) is 0 Å². The van der Waals surface area contributed by atoms with Crippen LogP contribution in [0.25, 0.3) is 0 Å². The second kappa shape index (κ2) is 12.9. The number of Topliss-reactive ketones (excluding diaryl/α,β-unsaturated/α-hetero) is 1. The van der Waals surface area contributed by atoms with Crippen LogP contribution in [0.1, 0.15) is 51.4 Å². The van der Waals surface area contributed by atoms with Crippen LogP contribution < -0.4 is 0 Å². The lowest BCUT2D eigenvalue weighted by molar-refractivity contribution is -0.197. The summed E-state index contributed by atoms with van der Waals surface area (Å²) in [7, 11) is -1.63. The summed E-state index contributed by atoms with van der Waals surface area (Å²) >= 11 is 0. The molecule has 176 valence electrons. The Balaban J connectivity index is 1.51. The van der Waals surface area contributed by atoms with Crippen molar-refractivity contribution in [2.45, 2.75) is 61.6 Å². The van der Waals surface area contributed by atoms with Crippen molar-refractivity contribution in [3.05, 3.63) is 24.4 Å². The van der Waals surface area contributed by atoms with E-state index in [-0.39, 0.29) is 17.3 Å². The fourth-order valence-corrected chi connectivity index (χ4v) is 5.40. The third-order valence-corrected chi connectivity index (χ3v) is 7.80. The Morgan fingerprint density at radius 3 is 2.47 bits per heavy atom. The molecular formula is C19H24N2O8S3. The molecule has 0 saturated carbocycles. The van der Waals surface area contributed by atoms with Crippen LogP contribution in [0.4, 0.5) is 0 Å². The highest BCUT2D eigenvalue weighted by molar-refractivity contribution is 8.76. The molecule has 2 rings (SSSR count). The van der Waals surface area contributed by atoms with E-state index in [1.54, 1.807) is 17.0 Å². The number of aromatic nitrogens is 1. The van der Waals surface area contributed by atoms with Crippen LogP contribution in [0.5, 0.6) is 0 Å². The van der Waals surface area contributed by atoms with Crippen LogP contribution in [0, 0.1) is 0 Å². The van der Waals surface area contributed by atoms with Gasteiger partial charge in [0.2, 0.25) is 0 Å². The third-order valence-electron chi connectivity index (χ3n) is 4.45. The van der Waals surface area contributed by atoms with E-state index < -0.39 is 39.6 Å². The van der Waals surface area contributed by atoms with E-state index >= 15 is 0 Å². The van der Waals surface area contributed by atoms with Crippen LogP contribution >= 0.6 is 21.6 Å². The van der Waals surface area contributed by atoms with Crippen molar-refractivity contribution >= 4 is 55.3 Å². The molecule has 0 bridgehead atoms. The van der Waals surface area contributed by atoms with E-state index in [0.717, 1.165) is 11.4 Å². The summed E-state index contributed by atoms with van der Waals surface area (Å²) in [6.45, 7) is 0. The summed E-state index contributed by atoms with van der Waals surface area (Å²) < 4.78 is 31.1. The van der Waals surface area contributed by atoms with Gasteiger partial charge in [0.25, 0.3) is 21.9 Å². The van der Waals surface area contributed by atoms with Gasteiger partial charge < -0.3 is 4.84 Å². The molecule has 0 spiro atoms. The molecular weight excluding hydrogens is 480 g/mol. The molecule has 0 aliphatic carbocycles. The molecule has 13 heteroatoms. The third kappa shape index (κ3) is 8.88. The number of amides is 2. The van der Waals surface area contributed by atoms with E-state index in [0.29, 0.717) is 37.9 Å². The topological polar surface area (TPSA) is 148 Å². The first-order valence-corrected chi connectivity index (χ1v) is 13.8. The van der Waals surface area contributed by atoms with Gasteiger partial charge in [-0.1, -0.05) is 29.7 Å². The summed E-state index contributed by atoms with van der Waals surface area (Å²) in [5, 5.41) is -0.934. The Hall–Kier alpha value is -1.96. The number of imide groups is 1. The van der Waals surface area contributed by atoms with Gasteiger partial charge in [-0.25, -0.2) is 9.78 Å². The zero-order valence-corrected chi connectivity index (χ0v) is 19.6. The van der Waals surface area contributed by atoms with Gasteiger partial charge in [-0.3, -0.25) is 18.9 Å². The van der Waals surface area contributed by atoms with Gasteiger partial charge in [-0.15, -0.1) is 5.06 Å². The molecule has 1 aliphatic rings. The fourth-order valence-electron chi connectivity index (χ4n) is 2.78. The number of hydroxylamine groups is 2. The number of carbonyl (C=O) groups is 4. The zero-order chi connectivity index (χ0) is 23.6. The monoisotopic (exact) mass is 504 g/mol. The summed E-state index contributed by atoms with van der Waals surface area (Å²) in [4.78, 5) is 56.0. The number of nitrogens with zero attached hydrogens (tertiary/aromatic N) is 2. The van der Waals surface area contributed by atoms with E-state index in [2.05, 4.69) is 9.82 Å². The molecule has 10 nitrogen and oxygen atoms in total. The maximum atomic E-state index is 11.9. The number of hydrogen-bond donors (Lipinski definition) is 1. The van der Waals surface area contributed by atoms with Crippen molar-refractivity contribution in [2.75, 3.05) is 5.75 Å². The van der Waals surface area contributed by atoms with Crippen LogP contribution in [0.3, 0.4) is 0 Å². The molecule has 1 unspecified atom stereocenters. The predicted octanol–water partition coefficient (Wildman–Crippen LogP) is 2.60. The van der Waals surface area contributed by atoms with Crippen LogP contribution in [0.15, 0.2) is 29.4 Å². The lowest BCUT2D eigenvalue weighted by Gasteiger charge is -2.13. The first kappa shape index (κ1) is 26.3. The first-order chi connectivity index (χ1) is 15.2. The molecule has 1 fully saturated rings. The molecule has 1 N–H and O–H groups in total. The normalized spacial score (nSPS) is 16.4. The van der Waals surface area contributed by atoms with Gasteiger partial charge in [0.1, 0.15) is 10.8 Å². The summed E-state index contributed by atoms with van der Waals surface area (Å²) in [6, 6.07) is 5.66. The largest absolute Gasteiger partial charge is 0.333 e. The summed E-state index contributed by atoms with van der Waals surface area (Å²) in [5.74, 6) is -2.24. The Kier molecular flexibility index (Phi) is 10.6. The quantitative estimate of drug-likeness (QED) is 0.172. The minimum atomic E-state index is -4.74. The van der Waals surface area contributed by atoms with Crippen molar-refractivity contribution in [1.82, 2.24) is 10.0 Å². The number of ketones is 1. The molecule has 2 amide bonds. The van der Waals surface area contributed by atoms with Crippen molar-refractivity contribution < 1.29 is 37.0 Å². The Morgan fingerprint density at radius 2 is 1.84 bits per heavy atom. The lowest BCUT2D eigenvalue weighted by Crippen LogP contribution is -2.36. The second-order valence-electron chi connectivity index (χ2n) is 6.97. The van der Waals surface area contributed by atoms with Crippen LogP contribution in [-0.2, 0) is 34.1 Å². The number of unbranched alkanes of at least 4 members (excludes halogenated alkanes) is 3. The van der Waals surface area contributed by atoms with Crippen LogP contribution in [-0.4, -0.2) is 57.6 Å². The molecule has 1 atom stereocenters. The Morgan fingerprint density at radius 1 is 1.12 bits per heavy atom. The zero-order valence-electron chi connectivity index (χ0n) is 17.2. The molecule has 0 radical (unpaired) electrons. The molecule has 1 aromatic heterocycles. The molecule has 1 aromatic rings. The molecule has 0 aromatic carbocycles. The minimum Gasteiger partial charge on any atom is -0.330 e. The highest BCUT2D eigenvalue weighted by atomic mass is 33.1. The predicted molar refractivity (Wildman–Crippen MR) is 118 cm³/mol. The second-order valence-corrected chi connectivity index (χ2v) is 11.0. The van der Waals surface area contributed by atoms with E-state index in [1.165, 1.54) is 10.8 Å². The average molecular weight is 505 g/mol. The fraction of sp³-hybridized carbons (Fsp3) is 0.526. The Bertz CT molecular complexity index is 924.